The largest absolute Gasteiger partial charge is 0.343 e. The SMILES string of the molecule is Cn1c(-c2ccc(F)cc2)c([C@@H]2c3ccccc3C(=O)N2C2CCCCC2)c2ccccc21. The first-order valence-corrected chi connectivity index (χ1v) is 11.9. The van der Waals surface area contributed by atoms with Gasteiger partial charge in [-0.2, -0.15) is 0 Å². The molecule has 4 heteroatoms. The summed E-state index contributed by atoms with van der Waals surface area (Å²) in [6.07, 6.45) is 5.67. The first kappa shape index (κ1) is 20.2. The number of carbonyl (C=O) groups excluding carboxylic acids is 1. The highest BCUT2D eigenvalue weighted by Crippen LogP contribution is 2.48. The number of hydrogen-bond donors (Lipinski definition) is 0. The van der Waals surface area contributed by atoms with Gasteiger partial charge in [-0.25, -0.2) is 4.39 Å². The number of carbonyl (C=O) groups is 1. The van der Waals surface area contributed by atoms with Crippen LogP contribution in [0.25, 0.3) is 22.2 Å². The fourth-order valence-corrected chi connectivity index (χ4v) is 6.02. The quantitative estimate of drug-likeness (QED) is 0.343. The molecule has 0 bridgehead atoms. The van der Waals surface area contributed by atoms with E-state index in [0.29, 0.717) is 0 Å². The maximum Gasteiger partial charge on any atom is 0.255 e. The molecule has 166 valence electrons. The van der Waals surface area contributed by atoms with Gasteiger partial charge in [0, 0.05) is 35.1 Å². The number of aryl methyl sites for hydroxylation is 1. The van der Waals surface area contributed by atoms with Gasteiger partial charge >= 0.3 is 0 Å². The van der Waals surface area contributed by atoms with Crippen molar-refractivity contribution in [3.63, 3.8) is 0 Å². The molecule has 2 heterocycles. The zero-order valence-corrected chi connectivity index (χ0v) is 18.8. The molecule has 1 fully saturated rings. The molecule has 0 N–H and O–H groups in total. The van der Waals surface area contributed by atoms with E-state index in [1.807, 2.05) is 36.4 Å². The Morgan fingerprint density at radius 1 is 0.848 bits per heavy atom. The van der Waals surface area contributed by atoms with E-state index >= 15 is 0 Å². The lowest BCUT2D eigenvalue weighted by molar-refractivity contribution is 0.0613. The van der Waals surface area contributed by atoms with Gasteiger partial charge in [0.1, 0.15) is 5.82 Å². The number of amides is 1. The minimum Gasteiger partial charge on any atom is -0.343 e. The molecule has 0 unspecified atom stereocenters. The van der Waals surface area contributed by atoms with E-state index in [1.54, 1.807) is 0 Å². The van der Waals surface area contributed by atoms with Crippen LogP contribution < -0.4 is 0 Å². The fraction of sp³-hybridized carbons (Fsp3) is 0.276. The summed E-state index contributed by atoms with van der Waals surface area (Å²) in [7, 11) is 2.07. The summed E-state index contributed by atoms with van der Waals surface area (Å²) in [4.78, 5) is 15.9. The lowest BCUT2D eigenvalue weighted by atomic mass is 9.89. The monoisotopic (exact) mass is 438 g/mol. The van der Waals surface area contributed by atoms with Crippen molar-refractivity contribution in [1.82, 2.24) is 9.47 Å². The molecule has 0 spiro atoms. The van der Waals surface area contributed by atoms with E-state index in [-0.39, 0.29) is 23.8 Å². The van der Waals surface area contributed by atoms with Gasteiger partial charge in [-0.1, -0.05) is 55.7 Å². The number of benzene rings is 3. The van der Waals surface area contributed by atoms with E-state index in [1.165, 1.54) is 18.6 Å². The number of hydrogen-bond acceptors (Lipinski definition) is 1. The van der Waals surface area contributed by atoms with Crippen LogP contribution in [-0.4, -0.2) is 21.4 Å². The second-order valence-electron chi connectivity index (χ2n) is 9.34. The smallest absolute Gasteiger partial charge is 0.255 e. The topological polar surface area (TPSA) is 25.2 Å². The van der Waals surface area contributed by atoms with Gasteiger partial charge in [0.15, 0.2) is 0 Å². The third kappa shape index (κ3) is 3.12. The van der Waals surface area contributed by atoms with E-state index in [2.05, 4.69) is 40.8 Å². The van der Waals surface area contributed by atoms with Crippen molar-refractivity contribution in [2.75, 3.05) is 0 Å². The molecule has 1 saturated carbocycles. The molecule has 3 aromatic carbocycles. The molecule has 0 saturated heterocycles. The van der Waals surface area contributed by atoms with Crippen LogP contribution >= 0.6 is 0 Å². The zero-order valence-electron chi connectivity index (χ0n) is 18.8. The summed E-state index contributed by atoms with van der Waals surface area (Å²) < 4.78 is 16.0. The van der Waals surface area contributed by atoms with Gasteiger partial charge in [-0.15, -0.1) is 0 Å². The van der Waals surface area contributed by atoms with Crippen molar-refractivity contribution in [2.45, 2.75) is 44.2 Å². The fourth-order valence-electron chi connectivity index (χ4n) is 6.02. The van der Waals surface area contributed by atoms with Crippen LogP contribution in [0.3, 0.4) is 0 Å². The number of halogens is 1. The number of fused-ring (bicyclic) bond motifs is 2. The molecule has 1 aromatic heterocycles. The molecule has 33 heavy (non-hydrogen) atoms. The summed E-state index contributed by atoms with van der Waals surface area (Å²) in [6, 6.07) is 23.3. The Hall–Kier alpha value is -3.40. The minimum atomic E-state index is -0.246. The summed E-state index contributed by atoms with van der Waals surface area (Å²) in [5, 5.41) is 1.15. The zero-order chi connectivity index (χ0) is 22.5. The Balaban J connectivity index is 1.65. The van der Waals surface area contributed by atoms with E-state index in [9.17, 15) is 9.18 Å². The Morgan fingerprint density at radius 2 is 1.55 bits per heavy atom. The van der Waals surface area contributed by atoms with Crippen molar-refractivity contribution in [2.24, 2.45) is 7.05 Å². The molecule has 1 atom stereocenters. The third-order valence-corrected chi connectivity index (χ3v) is 7.50. The molecule has 4 aromatic rings. The molecule has 3 nitrogen and oxygen atoms in total. The third-order valence-electron chi connectivity index (χ3n) is 7.50. The second-order valence-corrected chi connectivity index (χ2v) is 9.34. The summed E-state index contributed by atoms with van der Waals surface area (Å²) in [5.74, 6) is -0.107. The molecule has 1 amide bonds. The molecule has 0 radical (unpaired) electrons. The first-order chi connectivity index (χ1) is 16.1. The van der Waals surface area contributed by atoms with Gasteiger partial charge in [0.25, 0.3) is 5.91 Å². The number of nitrogens with zero attached hydrogens (tertiary/aromatic N) is 2. The standard InChI is InChI=1S/C29H27FN2O/c1-31-25-14-8-7-13-24(25)26(27(31)19-15-17-20(30)18-16-19)28-22-11-5-6-12-23(22)29(33)32(28)21-9-3-2-4-10-21/h5-8,11-18,21,28H,2-4,9-10H2,1H3/t28-/m0/s1. The average molecular weight is 439 g/mol. The van der Waals surface area contributed by atoms with Crippen molar-refractivity contribution < 1.29 is 9.18 Å². The highest BCUT2D eigenvalue weighted by Gasteiger charge is 2.43. The van der Waals surface area contributed by atoms with Crippen molar-refractivity contribution >= 4 is 16.8 Å². The summed E-state index contributed by atoms with van der Waals surface area (Å²) in [5.41, 5.74) is 6.16. The number of rotatable bonds is 3. The number of aromatic nitrogens is 1. The van der Waals surface area contributed by atoms with Gasteiger partial charge in [-0.05, 0) is 60.4 Å². The second kappa shape index (κ2) is 7.87. The molecule has 1 aliphatic heterocycles. The van der Waals surface area contributed by atoms with Gasteiger partial charge in [0.2, 0.25) is 0 Å². The van der Waals surface area contributed by atoms with Crippen LogP contribution in [0.5, 0.6) is 0 Å². The lowest BCUT2D eigenvalue weighted by Crippen LogP contribution is -2.40. The molecular weight excluding hydrogens is 411 g/mol. The van der Waals surface area contributed by atoms with Gasteiger partial charge in [-0.3, -0.25) is 4.79 Å². The highest BCUT2D eigenvalue weighted by molar-refractivity contribution is 6.02. The van der Waals surface area contributed by atoms with Crippen LogP contribution in [0.2, 0.25) is 0 Å². The van der Waals surface area contributed by atoms with Crippen molar-refractivity contribution in [3.05, 3.63) is 95.3 Å². The van der Waals surface area contributed by atoms with Crippen LogP contribution in [0, 0.1) is 5.82 Å². The number of para-hydroxylation sites is 1. The highest BCUT2D eigenvalue weighted by atomic mass is 19.1. The van der Waals surface area contributed by atoms with E-state index < -0.39 is 0 Å². The van der Waals surface area contributed by atoms with E-state index in [0.717, 1.165) is 64.5 Å². The molecular formula is C29H27FN2O. The van der Waals surface area contributed by atoms with Crippen LogP contribution in [-0.2, 0) is 7.05 Å². The maximum absolute atomic E-state index is 13.8. The lowest BCUT2D eigenvalue weighted by Gasteiger charge is -2.36. The maximum atomic E-state index is 13.8. The van der Waals surface area contributed by atoms with Gasteiger partial charge < -0.3 is 9.47 Å². The van der Waals surface area contributed by atoms with Crippen molar-refractivity contribution in [3.8, 4) is 11.3 Å². The average Bonchev–Trinajstić information content (AvgIpc) is 3.31. The summed E-state index contributed by atoms with van der Waals surface area (Å²) in [6.45, 7) is 0. The van der Waals surface area contributed by atoms with Crippen molar-refractivity contribution in [1.29, 1.82) is 0 Å². The normalized spacial score (nSPS) is 18.8. The van der Waals surface area contributed by atoms with E-state index in [4.69, 9.17) is 0 Å². The molecule has 1 aliphatic carbocycles. The Bertz CT molecular complexity index is 1350. The molecule has 6 rings (SSSR count). The van der Waals surface area contributed by atoms with Gasteiger partial charge in [0.05, 0.1) is 11.7 Å². The van der Waals surface area contributed by atoms with Crippen LogP contribution in [0.4, 0.5) is 4.39 Å². The van der Waals surface area contributed by atoms with Crippen LogP contribution in [0.1, 0.15) is 59.6 Å². The predicted octanol–water partition coefficient (Wildman–Crippen LogP) is 6.86. The Labute approximate surface area is 193 Å². The first-order valence-electron chi connectivity index (χ1n) is 11.9. The molecule has 2 aliphatic rings. The predicted molar refractivity (Wildman–Crippen MR) is 130 cm³/mol. The Morgan fingerprint density at radius 3 is 2.33 bits per heavy atom. The summed E-state index contributed by atoms with van der Waals surface area (Å²) >= 11 is 0. The van der Waals surface area contributed by atoms with Crippen LogP contribution in [0.15, 0.2) is 72.8 Å². The Kier molecular flexibility index (Phi) is 4.83. The minimum absolute atomic E-state index is 0.139.